The summed E-state index contributed by atoms with van der Waals surface area (Å²) in [4.78, 5) is 18.7. The molecule has 1 aliphatic heterocycles. The highest BCUT2D eigenvalue weighted by atomic mass is 32.2. The summed E-state index contributed by atoms with van der Waals surface area (Å²) in [5.74, 6) is 1.59. The molecule has 0 unspecified atom stereocenters. The molecular formula is C26H32N2O6S. The van der Waals surface area contributed by atoms with E-state index in [9.17, 15) is 13.2 Å². The van der Waals surface area contributed by atoms with Crippen molar-refractivity contribution in [3.63, 3.8) is 0 Å². The van der Waals surface area contributed by atoms with Crippen molar-refractivity contribution in [2.75, 3.05) is 26.0 Å². The van der Waals surface area contributed by atoms with Crippen molar-refractivity contribution >= 4 is 27.0 Å². The van der Waals surface area contributed by atoms with Crippen LogP contribution in [0.1, 0.15) is 39.2 Å². The molecule has 1 amide bonds. The van der Waals surface area contributed by atoms with Gasteiger partial charge in [0.15, 0.2) is 15.4 Å². The van der Waals surface area contributed by atoms with Crippen LogP contribution in [-0.4, -0.2) is 55.9 Å². The maximum atomic E-state index is 12.2. The molecule has 0 atom stereocenters. The highest BCUT2D eigenvalue weighted by Crippen LogP contribution is 2.30. The van der Waals surface area contributed by atoms with E-state index in [1.807, 2.05) is 45.9 Å². The van der Waals surface area contributed by atoms with Gasteiger partial charge in [-0.2, -0.15) is 0 Å². The molecule has 0 bridgehead atoms. The summed E-state index contributed by atoms with van der Waals surface area (Å²) in [6.07, 6.45) is 2.65. The van der Waals surface area contributed by atoms with Gasteiger partial charge < -0.3 is 18.8 Å². The molecule has 0 saturated carbocycles. The van der Waals surface area contributed by atoms with Crippen molar-refractivity contribution in [3.05, 3.63) is 42.0 Å². The van der Waals surface area contributed by atoms with Gasteiger partial charge in [0.25, 0.3) is 0 Å². The zero-order valence-electron chi connectivity index (χ0n) is 20.8. The number of hydrogen-bond donors (Lipinski definition) is 0. The minimum Gasteiger partial charge on any atom is -0.493 e. The average Bonchev–Trinajstić information content (AvgIpc) is 3.20. The monoisotopic (exact) mass is 500 g/mol. The fraction of sp³-hybridized carbons (Fsp3) is 0.462. The Morgan fingerprint density at radius 1 is 1.14 bits per heavy atom. The number of hydrogen-bond acceptors (Lipinski definition) is 7. The molecule has 1 saturated heterocycles. The van der Waals surface area contributed by atoms with Gasteiger partial charge in [0.1, 0.15) is 16.9 Å². The highest BCUT2D eigenvalue weighted by molar-refractivity contribution is 7.90. The van der Waals surface area contributed by atoms with Gasteiger partial charge >= 0.3 is 6.09 Å². The number of carbonyl (C=O) groups excluding carboxylic acids is 1. The Morgan fingerprint density at radius 2 is 1.86 bits per heavy atom. The van der Waals surface area contributed by atoms with Crippen LogP contribution in [0.2, 0.25) is 0 Å². The van der Waals surface area contributed by atoms with Crippen molar-refractivity contribution in [1.29, 1.82) is 0 Å². The Balaban J connectivity index is 1.37. The maximum Gasteiger partial charge on any atom is 0.410 e. The third-order valence-electron chi connectivity index (χ3n) is 5.95. The summed E-state index contributed by atoms with van der Waals surface area (Å²) in [7, 11) is -3.32. The number of carbonyl (C=O) groups is 1. The smallest absolute Gasteiger partial charge is 0.410 e. The molecule has 2 heterocycles. The Labute approximate surface area is 206 Å². The minimum absolute atomic E-state index is 0.210. The number of fused-ring (bicyclic) bond motifs is 1. The van der Waals surface area contributed by atoms with E-state index in [1.54, 1.807) is 11.0 Å². The Bertz CT molecular complexity index is 1330. The van der Waals surface area contributed by atoms with Gasteiger partial charge in [-0.3, -0.25) is 0 Å². The van der Waals surface area contributed by atoms with Gasteiger partial charge in [0.2, 0.25) is 5.89 Å². The quantitative estimate of drug-likeness (QED) is 0.473. The van der Waals surface area contributed by atoms with E-state index in [0.29, 0.717) is 42.6 Å². The summed E-state index contributed by atoms with van der Waals surface area (Å²) >= 11 is 0. The van der Waals surface area contributed by atoms with Gasteiger partial charge in [-0.1, -0.05) is 0 Å². The zero-order valence-corrected chi connectivity index (χ0v) is 21.6. The Kier molecular flexibility index (Phi) is 6.81. The second-order valence-electron chi connectivity index (χ2n) is 10.1. The number of likely N-dealkylation sites (tertiary alicyclic amines) is 1. The fourth-order valence-corrected chi connectivity index (χ4v) is 4.66. The molecular weight excluding hydrogens is 468 g/mol. The van der Waals surface area contributed by atoms with Crippen LogP contribution in [0, 0.1) is 12.8 Å². The number of sulfone groups is 1. The predicted octanol–water partition coefficient (Wildman–Crippen LogP) is 5.23. The third-order valence-corrected chi connectivity index (χ3v) is 7.06. The fourth-order valence-electron chi connectivity index (χ4n) is 4.02. The largest absolute Gasteiger partial charge is 0.493 e. The minimum atomic E-state index is -3.32. The Hall–Kier alpha value is -3.07. The predicted molar refractivity (Wildman–Crippen MR) is 133 cm³/mol. The van der Waals surface area contributed by atoms with Gasteiger partial charge in [0.05, 0.1) is 11.5 Å². The first-order valence-electron chi connectivity index (χ1n) is 11.7. The topological polar surface area (TPSA) is 98.9 Å². The van der Waals surface area contributed by atoms with Gasteiger partial charge in [-0.05, 0) is 88.4 Å². The molecule has 3 aromatic rings. The van der Waals surface area contributed by atoms with Crippen molar-refractivity contribution in [2.45, 2.75) is 51.0 Å². The Morgan fingerprint density at radius 3 is 2.49 bits per heavy atom. The summed E-state index contributed by atoms with van der Waals surface area (Å²) in [6.45, 7) is 9.50. The number of oxazole rings is 1. The first-order chi connectivity index (χ1) is 16.4. The van der Waals surface area contributed by atoms with Crippen molar-refractivity contribution in [3.8, 4) is 17.2 Å². The van der Waals surface area contributed by atoms with Crippen LogP contribution in [-0.2, 0) is 14.6 Å². The summed E-state index contributed by atoms with van der Waals surface area (Å²) in [5, 5.41) is 0. The van der Waals surface area contributed by atoms with E-state index in [2.05, 4.69) is 4.98 Å². The zero-order chi connectivity index (χ0) is 25.4. The molecule has 188 valence electrons. The maximum absolute atomic E-state index is 12.2. The lowest BCUT2D eigenvalue weighted by atomic mass is 9.98. The molecule has 0 aliphatic carbocycles. The van der Waals surface area contributed by atoms with Crippen LogP contribution in [0.25, 0.3) is 22.6 Å². The molecule has 1 aromatic heterocycles. The molecule has 4 rings (SSSR count). The van der Waals surface area contributed by atoms with Crippen LogP contribution >= 0.6 is 0 Å². The standard InChI is InChI=1S/C26H32N2O6S/c1-17-14-19(24-27-21-15-20(35(5,30)31)7-9-23(21)33-24)6-8-22(17)32-16-18-10-12-28(13-11-18)25(29)34-26(2,3)4/h6-9,14-15,18H,10-13,16H2,1-5H3. The van der Waals surface area contributed by atoms with E-state index >= 15 is 0 Å². The lowest BCUT2D eigenvalue weighted by Gasteiger charge is -2.33. The van der Waals surface area contributed by atoms with Crippen molar-refractivity contribution in [2.24, 2.45) is 5.92 Å². The second-order valence-corrected chi connectivity index (χ2v) is 12.1. The normalized spacial score (nSPS) is 15.4. The number of aryl methyl sites for hydroxylation is 1. The molecule has 0 spiro atoms. The average molecular weight is 501 g/mol. The molecule has 1 aliphatic rings. The lowest BCUT2D eigenvalue weighted by Crippen LogP contribution is -2.42. The van der Waals surface area contributed by atoms with E-state index < -0.39 is 15.4 Å². The summed E-state index contributed by atoms with van der Waals surface area (Å²) in [5.41, 5.74) is 2.28. The molecule has 2 aromatic carbocycles. The second kappa shape index (κ2) is 9.53. The summed E-state index contributed by atoms with van der Waals surface area (Å²) < 4.78 is 41.0. The number of nitrogens with zero attached hydrogens (tertiary/aromatic N) is 2. The van der Waals surface area contributed by atoms with Gasteiger partial charge in [0, 0.05) is 24.9 Å². The van der Waals surface area contributed by atoms with Crippen LogP contribution in [0.4, 0.5) is 4.79 Å². The number of aromatic nitrogens is 1. The highest BCUT2D eigenvalue weighted by Gasteiger charge is 2.27. The van der Waals surface area contributed by atoms with Gasteiger partial charge in [-0.15, -0.1) is 0 Å². The summed E-state index contributed by atoms with van der Waals surface area (Å²) in [6, 6.07) is 10.4. The van der Waals surface area contributed by atoms with Crippen LogP contribution < -0.4 is 4.74 Å². The first-order valence-corrected chi connectivity index (χ1v) is 13.6. The van der Waals surface area contributed by atoms with E-state index in [4.69, 9.17) is 13.9 Å². The van der Waals surface area contributed by atoms with Crippen molar-refractivity contribution in [1.82, 2.24) is 9.88 Å². The molecule has 35 heavy (non-hydrogen) atoms. The molecule has 9 heteroatoms. The first kappa shape index (κ1) is 25.0. The number of ether oxygens (including phenoxy) is 2. The number of rotatable bonds is 5. The van der Waals surface area contributed by atoms with Crippen LogP contribution in [0.3, 0.4) is 0 Å². The lowest BCUT2D eigenvalue weighted by molar-refractivity contribution is 0.0165. The van der Waals surface area contributed by atoms with Gasteiger partial charge in [-0.25, -0.2) is 18.2 Å². The molecule has 8 nitrogen and oxygen atoms in total. The molecule has 0 radical (unpaired) electrons. The molecule has 0 N–H and O–H groups in total. The number of benzene rings is 2. The number of piperidine rings is 1. The van der Waals surface area contributed by atoms with Crippen molar-refractivity contribution < 1.29 is 27.1 Å². The van der Waals surface area contributed by atoms with E-state index in [1.165, 1.54) is 18.4 Å². The van der Waals surface area contributed by atoms with E-state index in [0.717, 1.165) is 29.7 Å². The van der Waals surface area contributed by atoms with Crippen LogP contribution in [0.5, 0.6) is 5.75 Å². The van der Waals surface area contributed by atoms with E-state index in [-0.39, 0.29) is 11.0 Å². The molecule has 1 fully saturated rings. The third kappa shape index (κ3) is 6.14. The number of amides is 1. The van der Waals surface area contributed by atoms with Crippen LogP contribution in [0.15, 0.2) is 45.7 Å². The SMILES string of the molecule is Cc1cc(-c2nc3cc(S(C)(=O)=O)ccc3o2)ccc1OCC1CCN(C(=O)OC(C)(C)C)CC1.